The van der Waals surface area contributed by atoms with E-state index in [1.54, 1.807) is 11.8 Å². The van der Waals surface area contributed by atoms with Crippen LogP contribution in [0, 0.1) is 0 Å². The van der Waals surface area contributed by atoms with Gasteiger partial charge in [0.15, 0.2) is 0 Å². The lowest BCUT2D eigenvalue weighted by atomic mass is 10.1. The van der Waals surface area contributed by atoms with Crippen LogP contribution in [0.15, 0.2) is 76.5 Å². The Hall–Kier alpha value is -1.84. The van der Waals surface area contributed by atoms with Crippen LogP contribution < -0.4 is 0 Å². The molecule has 0 saturated heterocycles. The maximum absolute atomic E-state index is 2.37. The summed E-state index contributed by atoms with van der Waals surface area (Å²) in [6.07, 6.45) is 2.13. The summed E-state index contributed by atoms with van der Waals surface area (Å²) in [5, 5.41) is 2.67. The van der Waals surface area contributed by atoms with Crippen molar-refractivity contribution in [1.29, 1.82) is 0 Å². The first kappa shape index (κ1) is 15.7. The van der Waals surface area contributed by atoms with Gasteiger partial charge in [-0.1, -0.05) is 25.1 Å². The number of fused-ring (bicyclic) bond motifs is 3. The molecule has 0 radical (unpaired) electrons. The Morgan fingerprint density at radius 3 is 2.04 bits per heavy atom. The van der Waals surface area contributed by atoms with Crippen molar-refractivity contribution < 1.29 is 0 Å². The number of rotatable bonds is 4. The highest BCUT2D eigenvalue weighted by Gasteiger charge is 2.13. The lowest BCUT2D eigenvalue weighted by Crippen LogP contribution is -1.92. The third-order valence-corrected chi connectivity index (χ3v) is 5.87. The molecule has 0 atom stereocenters. The van der Waals surface area contributed by atoms with Crippen molar-refractivity contribution >= 4 is 45.3 Å². The third kappa shape index (κ3) is 2.62. The minimum Gasteiger partial charge on any atom is -0.309 e. The molecule has 1 aromatic heterocycles. The van der Waals surface area contributed by atoms with Crippen LogP contribution in [0.5, 0.6) is 0 Å². The third-order valence-electron chi connectivity index (χ3n) is 4.27. The molecule has 0 fully saturated rings. The van der Waals surface area contributed by atoms with Crippen LogP contribution in [0.1, 0.15) is 6.92 Å². The van der Waals surface area contributed by atoms with Crippen LogP contribution in [-0.2, 0) is 0 Å². The zero-order chi connectivity index (χ0) is 16.5. The van der Waals surface area contributed by atoms with Crippen LogP contribution in [0.25, 0.3) is 27.5 Å². The second-order valence-corrected chi connectivity index (χ2v) is 7.88. The van der Waals surface area contributed by atoms with Gasteiger partial charge in [-0.15, -0.1) is 23.5 Å². The van der Waals surface area contributed by atoms with Crippen LogP contribution in [0.2, 0.25) is 0 Å². The fraction of sp³-hybridized carbons (Fsp3) is 0.143. The molecule has 1 nitrogen and oxygen atoms in total. The molecule has 3 heteroatoms. The smallest absolute Gasteiger partial charge is 0.0541 e. The first-order valence-electron chi connectivity index (χ1n) is 8.12. The Kier molecular flexibility index (Phi) is 4.30. The van der Waals surface area contributed by atoms with Crippen molar-refractivity contribution in [2.75, 3.05) is 12.0 Å². The van der Waals surface area contributed by atoms with E-state index < -0.39 is 0 Å². The topological polar surface area (TPSA) is 4.93 Å². The number of hydrogen-bond acceptors (Lipinski definition) is 2. The summed E-state index contributed by atoms with van der Waals surface area (Å²) in [6.45, 7) is 2.20. The maximum Gasteiger partial charge on any atom is 0.0541 e. The van der Waals surface area contributed by atoms with Crippen molar-refractivity contribution in [2.45, 2.75) is 16.7 Å². The summed E-state index contributed by atoms with van der Waals surface area (Å²) in [7, 11) is 0. The second kappa shape index (κ2) is 6.58. The van der Waals surface area contributed by atoms with Gasteiger partial charge in [0, 0.05) is 26.3 Å². The standard InChI is InChI=1S/C21H19NS2/c1-3-24-17-10-12-21-19(14-17)18-13-16(23-2)9-11-20(18)22(21)15-7-5-4-6-8-15/h4-14H,3H2,1-2H3. The molecule has 0 bridgehead atoms. The van der Waals surface area contributed by atoms with E-state index in [9.17, 15) is 0 Å². The van der Waals surface area contributed by atoms with Crippen molar-refractivity contribution in [3.8, 4) is 5.69 Å². The molecular formula is C21H19NS2. The predicted molar refractivity (Wildman–Crippen MR) is 109 cm³/mol. The predicted octanol–water partition coefficient (Wildman–Crippen LogP) is 6.62. The molecule has 24 heavy (non-hydrogen) atoms. The zero-order valence-corrected chi connectivity index (χ0v) is 15.5. The summed E-state index contributed by atoms with van der Waals surface area (Å²) in [4.78, 5) is 2.65. The Morgan fingerprint density at radius 1 is 0.792 bits per heavy atom. The van der Waals surface area contributed by atoms with Crippen molar-refractivity contribution in [3.63, 3.8) is 0 Å². The van der Waals surface area contributed by atoms with E-state index in [4.69, 9.17) is 0 Å². The Labute approximate surface area is 151 Å². The molecular weight excluding hydrogens is 330 g/mol. The number of aromatic nitrogens is 1. The SMILES string of the molecule is CCSc1ccc2c(c1)c1cc(SC)ccc1n2-c1ccccc1. The number of thioether (sulfide) groups is 2. The zero-order valence-electron chi connectivity index (χ0n) is 13.8. The number of hydrogen-bond donors (Lipinski definition) is 0. The van der Waals surface area contributed by atoms with Crippen molar-refractivity contribution in [1.82, 2.24) is 4.57 Å². The van der Waals surface area contributed by atoms with Crippen molar-refractivity contribution in [3.05, 3.63) is 66.7 Å². The highest BCUT2D eigenvalue weighted by atomic mass is 32.2. The van der Waals surface area contributed by atoms with Crippen LogP contribution in [-0.4, -0.2) is 16.6 Å². The molecule has 0 amide bonds. The minimum atomic E-state index is 1.10. The quantitative estimate of drug-likeness (QED) is 0.382. The summed E-state index contributed by atoms with van der Waals surface area (Å²) < 4.78 is 2.37. The van der Waals surface area contributed by atoms with E-state index in [-0.39, 0.29) is 0 Å². The fourth-order valence-electron chi connectivity index (χ4n) is 3.22. The lowest BCUT2D eigenvalue weighted by molar-refractivity contribution is 1.18. The Morgan fingerprint density at radius 2 is 1.42 bits per heavy atom. The molecule has 3 aromatic carbocycles. The van der Waals surface area contributed by atoms with Crippen molar-refractivity contribution in [2.24, 2.45) is 0 Å². The minimum absolute atomic E-state index is 1.10. The number of para-hydroxylation sites is 1. The molecule has 0 N–H and O–H groups in total. The largest absolute Gasteiger partial charge is 0.309 e. The van der Waals surface area contributed by atoms with Gasteiger partial charge in [-0.25, -0.2) is 0 Å². The highest BCUT2D eigenvalue weighted by Crippen LogP contribution is 2.36. The number of benzene rings is 3. The Bertz CT molecular complexity index is 1000. The van der Waals surface area contributed by atoms with Crippen LogP contribution in [0.3, 0.4) is 0 Å². The van der Waals surface area contributed by atoms with E-state index in [1.165, 1.54) is 37.3 Å². The molecule has 4 aromatic rings. The maximum atomic E-state index is 2.37. The summed E-state index contributed by atoms with van der Waals surface area (Å²) >= 11 is 3.70. The Balaban J connectivity index is 2.09. The van der Waals surface area contributed by atoms with Crippen LogP contribution >= 0.6 is 23.5 Å². The van der Waals surface area contributed by atoms with Gasteiger partial charge >= 0.3 is 0 Å². The van der Waals surface area contributed by atoms with E-state index in [0.717, 1.165) is 5.75 Å². The molecule has 0 spiro atoms. The van der Waals surface area contributed by atoms with E-state index in [2.05, 4.69) is 84.5 Å². The molecule has 4 rings (SSSR count). The summed E-state index contributed by atoms with van der Waals surface area (Å²) in [5.74, 6) is 1.10. The van der Waals surface area contributed by atoms with Gasteiger partial charge < -0.3 is 4.57 Å². The second-order valence-electron chi connectivity index (χ2n) is 5.67. The van der Waals surface area contributed by atoms with Gasteiger partial charge in [-0.2, -0.15) is 0 Å². The van der Waals surface area contributed by atoms with E-state index >= 15 is 0 Å². The van der Waals surface area contributed by atoms with Gasteiger partial charge in [0.1, 0.15) is 0 Å². The summed E-state index contributed by atoms with van der Waals surface area (Å²) in [5.41, 5.74) is 3.76. The van der Waals surface area contributed by atoms with E-state index in [1.807, 2.05) is 11.8 Å². The first-order valence-corrected chi connectivity index (χ1v) is 10.3. The monoisotopic (exact) mass is 349 g/mol. The van der Waals surface area contributed by atoms with E-state index in [0.29, 0.717) is 0 Å². The molecule has 0 aliphatic heterocycles. The molecule has 120 valence electrons. The molecule has 0 aliphatic carbocycles. The average molecular weight is 350 g/mol. The lowest BCUT2D eigenvalue weighted by Gasteiger charge is -2.08. The van der Waals surface area contributed by atoms with Crippen LogP contribution in [0.4, 0.5) is 0 Å². The van der Waals surface area contributed by atoms with Gasteiger partial charge in [0.05, 0.1) is 11.0 Å². The molecule has 0 saturated carbocycles. The summed E-state index contributed by atoms with van der Waals surface area (Å²) in [6, 6.07) is 24.3. The number of nitrogens with zero attached hydrogens (tertiary/aromatic N) is 1. The van der Waals surface area contributed by atoms with Gasteiger partial charge in [0.2, 0.25) is 0 Å². The average Bonchev–Trinajstić information content (AvgIpc) is 2.96. The fourth-order valence-corrected chi connectivity index (χ4v) is 4.36. The normalized spacial score (nSPS) is 11.4. The van der Waals surface area contributed by atoms with Gasteiger partial charge in [0.25, 0.3) is 0 Å². The first-order chi connectivity index (χ1) is 11.8. The molecule has 1 heterocycles. The molecule has 0 unspecified atom stereocenters. The highest BCUT2D eigenvalue weighted by molar-refractivity contribution is 7.99. The van der Waals surface area contributed by atoms with Gasteiger partial charge in [-0.3, -0.25) is 0 Å². The van der Waals surface area contributed by atoms with Gasteiger partial charge in [-0.05, 0) is 60.5 Å². The molecule has 0 aliphatic rings.